The van der Waals surface area contributed by atoms with Gasteiger partial charge in [0, 0.05) is 19.2 Å². The predicted molar refractivity (Wildman–Crippen MR) is 122 cm³/mol. The van der Waals surface area contributed by atoms with Gasteiger partial charge < -0.3 is 30.0 Å². The third-order valence-corrected chi connectivity index (χ3v) is 5.90. The zero-order chi connectivity index (χ0) is 24.8. The van der Waals surface area contributed by atoms with E-state index in [2.05, 4.69) is 41.8 Å². The molecule has 3 rings (SSSR count). The van der Waals surface area contributed by atoms with Gasteiger partial charge in [-0.15, -0.1) is 0 Å². The lowest BCUT2D eigenvalue weighted by atomic mass is 10.3. The first-order valence-electron chi connectivity index (χ1n) is 9.48. The topological polar surface area (TPSA) is 167 Å². The number of hydrogen-bond acceptors (Lipinski definition) is 9. The minimum Gasteiger partial charge on any atom is -0.484 e. The van der Waals surface area contributed by atoms with Crippen LogP contribution < -0.4 is 15.4 Å². The number of carbonyl (C=O) groups excluding carboxylic acids is 2. The van der Waals surface area contributed by atoms with Crippen LogP contribution in [-0.4, -0.2) is 56.4 Å². The van der Waals surface area contributed by atoms with Crippen molar-refractivity contribution in [1.29, 1.82) is 0 Å². The first-order chi connectivity index (χ1) is 16.2. The van der Waals surface area contributed by atoms with Gasteiger partial charge in [-0.2, -0.15) is 9.67 Å². The second-order valence-corrected chi connectivity index (χ2v) is 8.23. The Kier molecular flexibility index (Phi) is 8.41. The van der Waals surface area contributed by atoms with Gasteiger partial charge >= 0.3 is 17.6 Å². The van der Waals surface area contributed by atoms with E-state index in [1.54, 1.807) is 19.1 Å². The number of benzene rings is 1. The van der Waals surface area contributed by atoms with E-state index in [1.165, 1.54) is 10.7 Å². The van der Waals surface area contributed by atoms with Crippen molar-refractivity contribution in [2.24, 2.45) is 0 Å². The molecule has 2 N–H and O–H groups in total. The van der Waals surface area contributed by atoms with Crippen LogP contribution in [0.15, 0.2) is 27.2 Å². The smallest absolute Gasteiger partial charge is 0.404 e. The van der Waals surface area contributed by atoms with Gasteiger partial charge in [-0.1, -0.05) is 28.4 Å². The number of halogens is 3. The van der Waals surface area contributed by atoms with Crippen molar-refractivity contribution in [3.05, 3.63) is 60.2 Å². The van der Waals surface area contributed by atoms with Gasteiger partial charge in [-0.25, -0.2) is 0 Å². The van der Waals surface area contributed by atoms with Crippen LogP contribution in [0.5, 0.6) is 5.75 Å². The molecule has 0 saturated carbocycles. The Hall–Kier alpha value is -3.23. The minimum atomic E-state index is -0.649. The Morgan fingerprint density at radius 3 is 2.68 bits per heavy atom. The van der Waals surface area contributed by atoms with Crippen LogP contribution in [0.1, 0.15) is 22.2 Å². The number of aromatic nitrogens is 4. The summed E-state index contributed by atoms with van der Waals surface area (Å²) >= 11 is 14.8. The van der Waals surface area contributed by atoms with E-state index in [1.807, 2.05) is 0 Å². The van der Waals surface area contributed by atoms with Crippen molar-refractivity contribution in [2.75, 3.05) is 19.7 Å². The fourth-order valence-electron chi connectivity index (χ4n) is 2.54. The number of nitrogens with one attached hydrogen (secondary N) is 2. The maximum Gasteiger partial charge on any atom is 0.404 e. The molecule has 180 valence electrons. The average molecular weight is 577 g/mol. The third kappa shape index (κ3) is 6.42. The van der Waals surface area contributed by atoms with E-state index in [-0.39, 0.29) is 48.2 Å². The van der Waals surface area contributed by atoms with Gasteiger partial charge in [-0.3, -0.25) is 9.59 Å². The van der Waals surface area contributed by atoms with Crippen LogP contribution in [-0.2, 0) is 11.3 Å². The standard InChI is InChI=1S/C18H16BrCl2N7O6/c1-9-15(19)16(28(31)32)25-27(9)7-13-24-18(34-26-13)17(30)23-5-4-22-14(29)8-33-10-2-3-11(20)12(21)6-10/h2-3,6H,4-5,7-8H2,1H3,(H,22,29)(H,23,30). The van der Waals surface area contributed by atoms with Crippen molar-refractivity contribution < 1.29 is 23.8 Å². The summed E-state index contributed by atoms with van der Waals surface area (Å²) in [5, 5.41) is 24.3. The van der Waals surface area contributed by atoms with Gasteiger partial charge in [0.15, 0.2) is 12.4 Å². The van der Waals surface area contributed by atoms with E-state index in [0.29, 0.717) is 21.5 Å². The molecule has 0 aliphatic heterocycles. The first-order valence-corrected chi connectivity index (χ1v) is 11.0. The zero-order valence-corrected chi connectivity index (χ0v) is 20.5. The highest BCUT2D eigenvalue weighted by molar-refractivity contribution is 9.10. The SMILES string of the molecule is Cc1c(Br)c([N+](=O)[O-])nn1Cc1noc(C(=O)NCCNC(=O)COc2ccc(Cl)c(Cl)c2)n1. The van der Waals surface area contributed by atoms with Crippen LogP contribution in [0.2, 0.25) is 10.0 Å². The van der Waals surface area contributed by atoms with Crippen molar-refractivity contribution >= 4 is 56.8 Å². The molecule has 1 aromatic carbocycles. The summed E-state index contributed by atoms with van der Waals surface area (Å²) in [7, 11) is 0. The molecule has 2 heterocycles. The molecule has 0 aliphatic rings. The highest BCUT2D eigenvalue weighted by atomic mass is 79.9. The largest absolute Gasteiger partial charge is 0.484 e. The highest BCUT2D eigenvalue weighted by Crippen LogP contribution is 2.27. The normalized spacial score (nSPS) is 10.7. The van der Waals surface area contributed by atoms with Crippen molar-refractivity contribution in [2.45, 2.75) is 13.5 Å². The van der Waals surface area contributed by atoms with E-state index >= 15 is 0 Å². The lowest BCUT2D eigenvalue weighted by Crippen LogP contribution is -2.36. The lowest BCUT2D eigenvalue weighted by Gasteiger charge is -2.08. The molecule has 0 unspecified atom stereocenters. The number of amides is 2. The van der Waals surface area contributed by atoms with E-state index < -0.39 is 16.7 Å². The van der Waals surface area contributed by atoms with E-state index in [9.17, 15) is 19.7 Å². The summed E-state index contributed by atoms with van der Waals surface area (Å²) in [4.78, 5) is 38.3. The van der Waals surface area contributed by atoms with E-state index in [4.69, 9.17) is 32.5 Å². The zero-order valence-electron chi connectivity index (χ0n) is 17.4. The summed E-state index contributed by atoms with van der Waals surface area (Å²) in [5.41, 5.74) is 0.487. The van der Waals surface area contributed by atoms with Gasteiger partial charge in [0.2, 0.25) is 0 Å². The average Bonchev–Trinajstić information content (AvgIpc) is 3.38. The summed E-state index contributed by atoms with van der Waals surface area (Å²) in [6.45, 7) is 1.55. The minimum absolute atomic E-state index is 0.0378. The third-order valence-electron chi connectivity index (χ3n) is 4.24. The Bertz CT molecular complexity index is 1230. The van der Waals surface area contributed by atoms with Gasteiger partial charge in [-0.05, 0) is 39.9 Å². The molecule has 0 fully saturated rings. The number of nitrogens with zero attached hydrogens (tertiary/aromatic N) is 5. The number of ether oxygens (including phenoxy) is 1. The predicted octanol–water partition coefficient (Wildman–Crippen LogP) is 2.53. The van der Waals surface area contributed by atoms with Crippen molar-refractivity contribution in [3.8, 4) is 5.75 Å². The number of carbonyl (C=O) groups is 2. The molecule has 3 aromatic rings. The Morgan fingerprint density at radius 1 is 1.26 bits per heavy atom. The molecular formula is C18H16BrCl2N7O6. The van der Waals surface area contributed by atoms with Gasteiger partial charge in [0.25, 0.3) is 5.91 Å². The molecule has 0 aliphatic carbocycles. The van der Waals surface area contributed by atoms with Crippen LogP contribution in [0, 0.1) is 17.0 Å². The maximum atomic E-state index is 12.2. The maximum absolute atomic E-state index is 12.2. The van der Waals surface area contributed by atoms with Crippen LogP contribution >= 0.6 is 39.1 Å². The summed E-state index contributed by atoms with van der Waals surface area (Å²) in [5.74, 6) is -1.21. The highest BCUT2D eigenvalue weighted by Gasteiger charge is 2.25. The number of rotatable bonds is 10. The molecule has 34 heavy (non-hydrogen) atoms. The second-order valence-electron chi connectivity index (χ2n) is 6.62. The number of nitro groups is 1. The Labute approximate surface area is 210 Å². The molecule has 0 bridgehead atoms. The Morgan fingerprint density at radius 2 is 2.00 bits per heavy atom. The molecule has 0 saturated heterocycles. The molecule has 2 amide bonds. The van der Waals surface area contributed by atoms with Gasteiger partial charge in [0.1, 0.15) is 16.8 Å². The molecule has 0 spiro atoms. The van der Waals surface area contributed by atoms with Crippen LogP contribution in [0.25, 0.3) is 0 Å². The summed E-state index contributed by atoms with van der Waals surface area (Å²) in [6.07, 6.45) is 0. The summed E-state index contributed by atoms with van der Waals surface area (Å²) < 4.78 is 11.8. The van der Waals surface area contributed by atoms with E-state index in [0.717, 1.165) is 0 Å². The molecule has 2 aromatic heterocycles. The van der Waals surface area contributed by atoms with Crippen molar-refractivity contribution in [3.63, 3.8) is 0 Å². The lowest BCUT2D eigenvalue weighted by molar-refractivity contribution is -0.390. The first kappa shape index (κ1) is 25.4. The second kappa shape index (κ2) is 11.3. The van der Waals surface area contributed by atoms with Gasteiger partial charge in [0.05, 0.1) is 20.8 Å². The molecule has 0 radical (unpaired) electrons. The van der Waals surface area contributed by atoms with Crippen LogP contribution in [0.4, 0.5) is 5.82 Å². The van der Waals surface area contributed by atoms with Crippen molar-refractivity contribution in [1.82, 2.24) is 30.6 Å². The Balaban J connectivity index is 1.42. The quantitative estimate of drug-likeness (QED) is 0.209. The molecular weight excluding hydrogens is 561 g/mol. The molecule has 0 atom stereocenters. The fraction of sp³-hybridized carbons (Fsp3) is 0.278. The molecule has 16 heteroatoms. The number of hydrogen-bond donors (Lipinski definition) is 2. The monoisotopic (exact) mass is 575 g/mol. The molecule has 13 nitrogen and oxygen atoms in total. The fourth-order valence-corrected chi connectivity index (χ4v) is 3.26. The summed E-state index contributed by atoms with van der Waals surface area (Å²) in [6, 6.07) is 4.62. The van der Waals surface area contributed by atoms with Crippen LogP contribution in [0.3, 0.4) is 0 Å².